The Hall–Kier alpha value is 0.310. The molecule has 0 bridgehead atoms. The minimum Gasteiger partial charge on any atom is -0.350 e. The van der Waals surface area contributed by atoms with E-state index in [0.717, 1.165) is 19.5 Å². The molecule has 0 saturated heterocycles. The molecule has 0 amide bonds. The van der Waals surface area contributed by atoms with Crippen molar-refractivity contribution < 1.29 is 9.79 Å². The van der Waals surface area contributed by atoms with Crippen LogP contribution in [0.2, 0.25) is 0 Å². The van der Waals surface area contributed by atoms with E-state index < -0.39 is 8.38 Å². The molecule has 0 spiro atoms. The lowest BCUT2D eigenvalue weighted by Gasteiger charge is -2.01. The van der Waals surface area contributed by atoms with Gasteiger partial charge in [-0.05, 0) is 19.5 Å². The number of nitrogens with one attached hydrogen (secondary N) is 1. The van der Waals surface area contributed by atoms with Crippen LogP contribution in [0, 0.1) is 0 Å². The molecule has 0 aromatic heterocycles. The fraction of sp³-hybridized carbons (Fsp3) is 1.00. The third kappa shape index (κ3) is 8.31. The minimum atomic E-state index is -1.66. The van der Waals surface area contributed by atoms with Crippen molar-refractivity contribution in [3.8, 4) is 0 Å². The maximum Gasteiger partial charge on any atom is 0.164 e. The molecule has 0 fully saturated rings. The first-order valence-corrected chi connectivity index (χ1v) is 4.56. The van der Waals surface area contributed by atoms with Gasteiger partial charge < -0.3 is 15.1 Å². The molecule has 0 unspecified atom stereocenters. The lowest BCUT2D eigenvalue weighted by molar-refractivity contribution is 0.479. The van der Waals surface area contributed by atoms with E-state index in [1.165, 1.54) is 0 Å². The van der Waals surface area contributed by atoms with Crippen LogP contribution in [0.4, 0.5) is 0 Å². The second kappa shape index (κ2) is 6.43. The molecule has 0 aliphatic rings. The largest absolute Gasteiger partial charge is 0.350 e. The van der Waals surface area contributed by atoms with Crippen molar-refractivity contribution in [1.29, 1.82) is 0 Å². The van der Waals surface area contributed by atoms with Gasteiger partial charge in [0, 0.05) is 6.16 Å². The summed E-state index contributed by atoms with van der Waals surface area (Å²) in [6.45, 7) is 3.87. The van der Waals surface area contributed by atoms with Crippen molar-refractivity contribution in [3.05, 3.63) is 0 Å². The van der Waals surface area contributed by atoms with Gasteiger partial charge in [-0.25, -0.2) is 0 Å². The molecule has 0 rings (SSSR count). The van der Waals surface area contributed by atoms with Gasteiger partial charge in [0.25, 0.3) is 0 Å². The van der Waals surface area contributed by atoms with Gasteiger partial charge >= 0.3 is 0 Å². The molecular weight excluding hydrogens is 137 g/mol. The van der Waals surface area contributed by atoms with Crippen LogP contribution >= 0.6 is 8.38 Å². The normalized spacial score (nSPS) is 10.7. The Morgan fingerprint density at radius 2 is 2.11 bits per heavy atom. The Bertz CT molecular complexity index is 60.9. The molecule has 3 nitrogen and oxygen atoms in total. The van der Waals surface area contributed by atoms with Crippen LogP contribution in [0.3, 0.4) is 0 Å². The molecule has 3 N–H and O–H groups in total. The van der Waals surface area contributed by atoms with E-state index in [4.69, 9.17) is 9.79 Å². The van der Waals surface area contributed by atoms with E-state index in [2.05, 4.69) is 5.32 Å². The summed E-state index contributed by atoms with van der Waals surface area (Å²) in [5.41, 5.74) is 0. The Balaban J connectivity index is 2.75. The second-order valence-electron chi connectivity index (χ2n) is 1.80. The zero-order chi connectivity index (χ0) is 7.11. The Kier molecular flexibility index (Phi) is 6.65. The van der Waals surface area contributed by atoms with Crippen molar-refractivity contribution >= 4 is 8.38 Å². The lowest BCUT2D eigenvalue weighted by Crippen LogP contribution is -2.14. The third-order valence-corrected chi connectivity index (χ3v) is 1.68. The van der Waals surface area contributed by atoms with Crippen molar-refractivity contribution in [2.24, 2.45) is 0 Å². The quantitative estimate of drug-likeness (QED) is 0.391. The lowest BCUT2D eigenvalue weighted by atomic mass is 10.5. The van der Waals surface area contributed by atoms with Crippen molar-refractivity contribution in [1.82, 2.24) is 5.32 Å². The first-order chi connectivity index (χ1) is 4.27. The summed E-state index contributed by atoms with van der Waals surface area (Å²) in [5.74, 6) is 0. The molecule has 0 atom stereocenters. The van der Waals surface area contributed by atoms with Crippen molar-refractivity contribution in [2.75, 3.05) is 19.3 Å². The van der Waals surface area contributed by atoms with Gasteiger partial charge in [-0.1, -0.05) is 6.92 Å². The topological polar surface area (TPSA) is 52.5 Å². The standard InChI is InChI=1S/C5H14NO2P/c1-2-6-4-3-5-9(7)8/h6-8H,2-5H2,1H3. The molecule has 0 aliphatic carbocycles. The average Bonchev–Trinajstić information content (AvgIpc) is 1.80. The number of hydrogen-bond acceptors (Lipinski definition) is 3. The van der Waals surface area contributed by atoms with Crippen molar-refractivity contribution in [2.45, 2.75) is 13.3 Å². The van der Waals surface area contributed by atoms with Gasteiger partial charge in [0.1, 0.15) is 0 Å². The van der Waals surface area contributed by atoms with Gasteiger partial charge in [-0.15, -0.1) is 0 Å². The molecule has 9 heavy (non-hydrogen) atoms. The van der Waals surface area contributed by atoms with E-state index in [0.29, 0.717) is 6.16 Å². The highest BCUT2D eigenvalue weighted by Gasteiger charge is 1.95. The van der Waals surface area contributed by atoms with Crippen LogP contribution in [0.25, 0.3) is 0 Å². The SMILES string of the molecule is CCNCCCP(O)O. The minimum absolute atomic E-state index is 0.530. The van der Waals surface area contributed by atoms with Crippen LogP contribution < -0.4 is 5.32 Å². The summed E-state index contributed by atoms with van der Waals surface area (Å²) in [7, 11) is -1.66. The van der Waals surface area contributed by atoms with Gasteiger partial charge in [-0.2, -0.15) is 0 Å². The molecule has 0 heterocycles. The molecule has 0 saturated carbocycles. The van der Waals surface area contributed by atoms with Gasteiger partial charge in [0.05, 0.1) is 0 Å². The summed E-state index contributed by atoms with van der Waals surface area (Å²) < 4.78 is 0. The summed E-state index contributed by atoms with van der Waals surface area (Å²) in [5, 5.41) is 3.09. The van der Waals surface area contributed by atoms with Gasteiger partial charge in [0.2, 0.25) is 0 Å². The fourth-order valence-electron chi connectivity index (χ4n) is 0.522. The zero-order valence-corrected chi connectivity index (χ0v) is 6.56. The fourth-order valence-corrected chi connectivity index (χ4v) is 0.963. The predicted octanol–water partition coefficient (Wildman–Crippen LogP) is 0.282. The molecule has 56 valence electrons. The van der Waals surface area contributed by atoms with Gasteiger partial charge in [-0.3, -0.25) is 0 Å². The van der Waals surface area contributed by atoms with Gasteiger partial charge in [0.15, 0.2) is 8.38 Å². The first kappa shape index (κ1) is 9.31. The summed E-state index contributed by atoms with van der Waals surface area (Å²) in [6, 6.07) is 0. The molecule has 4 heteroatoms. The maximum atomic E-state index is 8.44. The highest BCUT2D eigenvalue weighted by molar-refractivity contribution is 7.45. The Morgan fingerprint density at radius 3 is 2.56 bits per heavy atom. The van der Waals surface area contributed by atoms with Crippen LogP contribution in [0.1, 0.15) is 13.3 Å². The molecule has 0 aliphatic heterocycles. The zero-order valence-electron chi connectivity index (χ0n) is 5.67. The number of rotatable bonds is 5. The number of hydrogen-bond donors (Lipinski definition) is 3. The summed E-state index contributed by atoms with van der Waals surface area (Å²) >= 11 is 0. The third-order valence-electron chi connectivity index (χ3n) is 0.962. The molecule has 0 aromatic carbocycles. The van der Waals surface area contributed by atoms with Crippen LogP contribution in [-0.4, -0.2) is 29.0 Å². The van der Waals surface area contributed by atoms with E-state index in [9.17, 15) is 0 Å². The maximum absolute atomic E-state index is 8.44. The smallest absolute Gasteiger partial charge is 0.164 e. The highest BCUT2D eigenvalue weighted by Crippen LogP contribution is 2.22. The van der Waals surface area contributed by atoms with E-state index in [-0.39, 0.29) is 0 Å². The van der Waals surface area contributed by atoms with E-state index in [1.807, 2.05) is 6.92 Å². The highest BCUT2D eigenvalue weighted by atomic mass is 31.2. The molecular formula is C5H14NO2P. The van der Waals surface area contributed by atoms with Crippen LogP contribution in [0.5, 0.6) is 0 Å². The average molecular weight is 151 g/mol. The Labute approximate surface area is 57.0 Å². The summed E-state index contributed by atoms with van der Waals surface area (Å²) in [6.07, 6.45) is 1.38. The second-order valence-corrected chi connectivity index (χ2v) is 2.99. The van der Waals surface area contributed by atoms with Crippen LogP contribution in [-0.2, 0) is 0 Å². The predicted molar refractivity (Wildman–Crippen MR) is 39.4 cm³/mol. The monoisotopic (exact) mass is 151 g/mol. The van der Waals surface area contributed by atoms with Crippen molar-refractivity contribution in [3.63, 3.8) is 0 Å². The molecule has 0 radical (unpaired) electrons. The van der Waals surface area contributed by atoms with E-state index in [1.54, 1.807) is 0 Å². The molecule has 0 aromatic rings. The first-order valence-electron chi connectivity index (χ1n) is 3.13. The van der Waals surface area contributed by atoms with Crippen LogP contribution in [0.15, 0.2) is 0 Å². The summed E-state index contributed by atoms with van der Waals surface area (Å²) in [4.78, 5) is 16.9. The van der Waals surface area contributed by atoms with E-state index >= 15 is 0 Å². The Morgan fingerprint density at radius 1 is 1.44 bits per heavy atom.